The van der Waals surface area contributed by atoms with E-state index in [9.17, 15) is 26.7 Å². The Bertz CT molecular complexity index is 894. The molecule has 0 aliphatic heterocycles. The fourth-order valence-corrected chi connectivity index (χ4v) is 3.61. The lowest BCUT2D eigenvalue weighted by molar-refractivity contribution is -0.142. The van der Waals surface area contributed by atoms with Gasteiger partial charge in [0.1, 0.15) is 12.3 Å². The number of ether oxygens (including phenoxy) is 1. The molecule has 28 heavy (non-hydrogen) atoms. The first-order chi connectivity index (χ1) is 13.1. The topological polar surface area (TPSA) is 56.1 Å². The van der Waals surface area contributed by atoms with E-state index in [0.29, 0.717) is 16.9 Å². The molecule has 1 aromatic carbocycles. The van der Waals surface area contributed by atoms with E-state index in [1.54, 1.807) is 6.92 Å². The molecule has 1 fully saturated rings. The van der Waals surface area contributed by atoms with Gasteiger partial charge in [-0.2, -0.15) is 27.1 Å². The van der Waals surface area contributed by atoms with Crippen LogP contribution in [0.15, 0.2) is 22.7 Å². The summed E-state index contributed by atoms with van der Waals surface area (Å²) in [4.78, 5) is 12.3. The van der Waals surface area contributed by atoms with Gasteiger partial charge in [0, 0.05) is 11.6 Å². The maximum absolute atomic E-state index is 13.1. The normalized spacial score (nSPS) is 14.4. The Balaban J connectivity index is 1.77. The van der Waals surface area contributed by atoms with Gasteiger partial charge in [-0.15, -0.1) is 0 Å². The molecule has 1 aromatic heterocycles. The molecule has 152 valence electrons. The maximum Gasteiger partial charge on any atom is 0.436 e. The summed E-state index contributed by atoms with van der Waals surface area (Å²) in [5, 5.41) is 6.13. The molecular formula is C17H15BrF5N3O2. The zero-order valence-corrected chi connectivity index (χ0v) is 16.1. The third kappa shape index (κ3) is 4.62. The third-order valence-corrected chi connectivity index (χ3v) is 4.94. The molecule has 1 N–H and O–H groups in total. The van der Waals surface area contributed by atoms with E-state index >= 15 is 0 Å². The van der Waals surface area contributed by atoms with E-state index in [1.807, 2.05) is 0 Å². The van der Waals surface area contributed by atoms with Gasteiger partial charge < -0.3 is 10.1 Å². The van der Waals surface area contributed by atoms with Crippen LogP contribution in [-0.4, -0.2) is 22.3 Å². The first kappa shape index (κ1) is 20.6. The minimum absolute atomic E-state index is 0.0626. The fourth-order valence-electron chi connectivity index (χ4n) is 2.78. The zero-order valence-electron chi connectivity index (χ0n) is 14.5. The molecule has 1 heterocycles. The quantitative estimate of drug-likeness (QED) is 0.602. The number of alkyl halides is 5. The van der Waals surface area contributed by atoms with E-state index in [1.165, 1.54) is 18.2 Å². The molecule has 0 radical (unpaired) electrons. The van der Waals surface area contributed by atoms with E-state index < -0.39 is 30.9 Å². The van der Waals surface area contributed by atoms with Gasteiger partial charge in [-0.3, -0.25) is 9.48 Å². The van der Waals surface area contributed by atoms with Crippen molar-refractivity contribution >= 4 is 27.5 Å². The Hall–Kier alpha value is -2.17. The minimum atomic E-state index is -4.64. The van der Waals surface area contributed by atoms with Crippen molar-refractivity contribution in [3.05, 3.63) is 39.6 Å². The van der Waals surface area contributed by atoms with Crippen molar-refractivity contribution in [2.24, 2.45) is 0 Å². The Labute approximate surface area is 165 Å². The number of hydrogen-bond acceptors (Lipinski definition) is 3. The number of nitrogens with zero attached hydrogens (tertiary/aromatic N) is 2. The average Bonchev–Trinajstić information content (AvgIpc) is 3.33. The molecule has 1 aliphatic rings. The second kappa shape index (κ2) is 7.69. The lowest BCUT2D eigenvalue weighted by Gasteiger charge is -2.12. The number of rotatable bonds is 6. The van der Waals surface area contributed by atoms with Gasteiger partial charge in [0.15, 0.2) is 5.69 Å². The number of benzene rings is 1. The van der Waals surface area contributed by atoms with E-state index in [2.05, 4.69) is 31.1 Å². The minimum Gasteiger partial charge on any atom is -0.435 e. The van der Waals surface area contributed by atoms with E-state index in [0.717, 1.165) is 17.5 Å². The number of carbonyl (C=O) groups excluding carboxylic acids is 1. The van der Waals surface area contributed by atoms with Crippen LogP contribution in [-0.2, 0) is 17.5 Å². The van der Waals surface area contributed by atoms with Crippen LogP contribution in [0.1, 0.15) is 35.7 Å². The predicted molar refractivity (Wildman–Crippen MR) is 93.3 cm³/mol. The number of aryl methyl sites for hydroxylation is 1. The second-order valence-electron chi connectivity index (χ2n) is 6.38. The Morgan fingerprint density at radius 1 is 1.39 bits per heavy atom. The van der Waals surface area contributed by atoms with Crippen LogP contribution in [0.5, 0.6) is 5.75 Å². The SMILES string of the molecule is Cc1cc(OC(F)F)ccc1NC(=O)Cn1nc(C(F)(F)F)c(Br)c1C1CC1. The highest BCUT2D eigenvalue weighted by Gasteiger charge is 2.41. The van der Waals surface area contributed by atoms with Crippen LogP contribution < -0.4 is 10.1 Å². The largest absolute Gasteiger partial charge is 0.436 e. The smallest absolute Gasteiger partial charge is 0.435 e. The summed E-state index contributed by atoms with van der Waals surface area (Å²) in [5.74, 6) is -0.720. The highest BCUT2D eigenvalue weighted by molar-refractivity contribution is 9.10. The predicted octanol–water partition coefficient (Wildman–Crippen LogP) is 5.09. The van der Waals surface area contributed by atoms with Gasteiger partial charge in [-0.05, 0) is 59.5 Å². The molecule has 0 bridgehead atoms. The van der Waals surface area contributed by atoms with Gasteiger partial charge in [0.2, 0.25) is 5.91 Å². The lowest BCUT2D eigenvalue weighted by Crippen LogP contribution is -2.21. The van der Waals surface area contributed by atoms with Crippen molar-refractivity contribution in [1.29, 1.82) is 0 Å². The van der Waals surface area contributed by atoms with Crippen molar-refractivity contribution in [2.75, 3.05) is 5.32 Å². The van der Waals surface area contributed by atoms with Gasteiger partial charge in [0.05, 0.1) is 10.2 Å². The summed E-state index contributed by atoms with van der Waals surface area (Å²) in [6.07, 6.45) is -3.18. The second-order valence-corrected chi connectivity index (χ2v) is 7.17. The first-order valence-electron chi connectivity index (χ1n) is 8.25. The molecule has 2 aromatic rings. The summed E-state index contributed by atoms with van der Waals surface area (Å²) < 4.78 is 69.0. The van der Waals surface area contributed by atoms with Gasteiger partial charge in [-0.25, -0.2) is 0 Å². The molecule has 5 nitrogen and oxygen atoms in total. The number of anilines is 1. The van der Waals surface area contributed by atoms with Crippen LogP contribution in [0.2, 0.25) is 0 Å². The molecule has 1 amide bonds. The number of nitrogens with one attached hydrogen (secondary N) is 1. The standard InChI is InChI=1S/C17H15BrF5N3O2/c1-8-6-10(28-16(19)20)4-5-11(8)24-12(27)7-26-14(9-2-3-9)13(18)15(25-26)17(21,22)23/h4-6,9,16H,2-3,7H2,1H3,(H,24,27). The molecule has 0 saturated heterocycles. The van der Waals surface area contributed by atoms with Crippen molar-refractivity contribution in [3.63, 3.8) is 0 Å². The highest BCUT2D eigenvalue weighted by atomic mass is 79.9. The number of carbonyl (C=O) groups is 1. The third-order valence-electron chi connectivity index (χ3n) is 4.15. The Kier molecular flexibility index (Phi) is 5.64. The Morgan fingerprint density at radius 3 is 2.61 bits per heavy atom. The van der Waals surface area contributed by atoms with Crippen molar-refractivity contribution < 1.29 is 31.5 Å². The maximum atomic E-state index is 13.1. The van der Waals surface area contributed by atoms with Crippen LogP contribution in [0, 0.1) is 6.92 Å². The van der Waals surface area contributed by atoms with Crippen LogP contribution in [0.4, 0.5) is 27.6 Å². The molecular weight excluding hydrogens is 453 g/mol. The van der Waals surface area contributed by atoms with Crippen LogP contribution in [0.3, 0.4) is 0 Å². The summed E-state index contributed by atoms with van der Waals surface area (Å²) in [6, 6.07) is 3.97. The van der Waals surface area contributed by atoms with Crippen LogP contribution in [0.25, 0.3) is 0 Å². The molecule has 0 unspecified atom stereocenters. The number of aromatic nitrogens is 2. The average molecular weight is 468 g/mol. The van der Waals surface area contributed by atoms with Gasteiger partial charge in [-0.1, -0.05) is 0 Å². The van der Waals surface area contributed by atoms with E-state index in [-0.39, 0.29) is 16.1 Å². The zero-order chi connectivity index (χ0) is 20.6. The summed E-state index contributed by atoms with van der Waals surface area (Å²) in [7, 11) is 0. The Morgan fingerprint density at radius 2 is 2.07 bits per heavy atom. The lowest BCUT2D eigenvalue weighted by atomic mass is 10.2. The fraction of sp³-hybridized carbons (Fsp3) is 0.412. The van der Waals surface area contributed by atoms with Crippen molar-refractivity contribution in [2.45, 2.75) is 45.0 Å². The first-order valence-corrected chi connectivity index (χ1v) is 9.04. The monoisotopic (exact) mass is 467 g/mol. The molecule has 1 aliphatic carbocycles. The molecule has 1 saturated carbocycles. The molecule has 0 atom stereocenters. The molecule has 11 heteroatoms. The molecule has 3 rings (SSSR count). The van der Waals surface area contributed by atoms with Crippen molar-refractivity contribution in [1.82, 2.24) is 9.78 Å². The highest BCUT2D eigenvalue weighted by Crippen LogP contribution is 2.46. The van der Waals surface area contributed by atoms with E-state index in [4.69, 9.17) is 0 Å². The molecule has 0 spiro atoms. The summed E-state index contributed by atoms with van der Waals surface area (Å²) >= 11 is 2.96. The van der Waals surface area contributed by atoms with Gasteiger partial charge in [0.25, 0.3) is 0 Å². The number of amides is 1. The van der Waals surface area contributed by atoms with Crippen molar-refractivity contribution in [3.8, 4) is 5.75 Å². The number of halogens is 6. The summed E-state index contributed by atoms with van der Waals surface area (Å²) in [5.41, 5.74) is 0.0835. The summed E-state index contributed by atoms with van der Waals surface area (Å²) in [6.45, 7) is -1.80. The number of hydrogen-bond donors (Lipinski definition) is 1. The van der Waals surface area contributed by atoms with Gasteiger partial charge >= 0.3 is 12.8 Å². The van der Waals surface area contributed by atoms with Crippen LogP contribution >= 0.6 is 15.9 Å².